The Kier molecular flexibility index (Phi) is 4.44. The number of halogens is 1. The Morgan fingerprint density at radius 3 is 2.80 bits per heavy atom. The average molecular weight is 316 g/mol. The summed E-state index contributed by atoms with van der Waals surface area (Å²) in [5.74, 6) is 0.520. The van der Waals surface area contributed by atoms with Crippen molar-refractivity contribution >= 4 is 21.6 Å². The van der Waals surface area contributed by atoms with Crippen LogP contribution in [-0.2, 0) is 16.6 Å². The first-order valence-electron chi connectivity index (χ1n) is 5.85. The van der Waals surface area contributed by atoms with Gasteiger partial charge in [0.25, 0.3) is 0 Å². The van der Waals surface area contributed by atoms with Crippen molar-refractivity contribution in [2.45, 2.75) is 24.5 Å². The van der Waals surface area contributed by atoms with Gasteiger partial charge in [-0.2, -0.15) is 0 Å². The summed E-state index contributed by atoms with van der Waals surface area (Å²) >= 11 is 5.90. The van der Waals surface area contributed by atoms with Crippen LogP contribution in [0.5, 0.6) is 0 Å². The fourth-order valence-corrected chi connectivity index (χ4v) is 3.23. The highest BCUT2D eigenvalue weighted by Crippen LogP contribution is 2.22. The minimum atomic E-state index is -3.71. The first-order chi connectivity index (χ1) is 9.44. The average Bonchev–Trinajstić information content (AvgIpc) is 2.92. The van der Waals surface area contributed by atoms with Crippen molar-refractivity contribution in [2.24, 2.45) is 0 Å². The summed E-state index contributed by atoms with van der Waals surface area (Å²) in [5, 5.41) is 9.23. The number of aliphatic hydroxyl groups is 1. The van der Waals surface area contributed by atoms with E-state index in [1.54, 1.807) is 19.3 Å². The van der Waals surface area contributed by atoms with Crippen LogP contribution in [0, 0.1) is 0 Å². The van der Waals surface area contributed by atoms with Gasteiger partial charge < -0.3 is 10.1 Å². The van der Waals surface area contributed by atoms with Gasteiger partial charge in [0, 0.05) is 17.4 Å². The predicted octanol–water partition coefficient (Wildman–Crippen LogP) is 1.59. The maximum atomic E-state index is 12.2. The van der Waals surface area contributed by atoms with Crippen LogP contribution in [0.2, 0.25) is 5.02 Å². The number of nitrogens with one attached hydrogen (secondary N) is 2. The molecule has 0 aliphatic carbocycles. The molecule has 0 aliphatic heterocycles. The monoisotopic (exact) mass is 315 g/mol. The quantitative estimate of drug-likeness (QED) is 0.781. The number of aliphatic hydroxyl groups excluding tert-OH is 1. The van der Waals surface area contributed by atoms with E-state index in [0.717, 1.165) is 0 Å². The Balaban J connectivity index is 2.24. The molecule has 0 aliphatic rings. The molecule has 20 heavy (non-hydrogen) atoms. The number of imidazole rings is 1. The lowest BCUT2D eigenvalue weighted by Gasteiger charge is -2.13. The molecule has 0 bridgehead atoms. The lowest BCUT2D eigenvalue weighted by Crippen LogP contribution is -2.27. The molecule has 1 unspecified atom stereocenters. The fourth-order valence-electron chi connectivity index (χ4n) is 1.69. The number of benzene rings is 1. The van der Waals surface area contributed by atoms with Gasteiger partial charge in [-0.15, -0.1) is 0 Å². The van der Waals surface area contributed by atoms with Crippen molar-refractivity contribution in [3.8, 4) is 0 Å². The van der Waals surface area contributed by atoms with Crippen molar-refractivity contribution in [2.75, 3.05) is 0 Å². The predicted molar refractivity (Wildman–Crippen MR) is 74.7 cm³/mol. The van der Waals surface area contributed by atoms with Gasteiger partial charge in [0.2, 0.25) is 10.0 Å². The van der Waals surface area contributed by atoms with Crippen molar-refractivity contribution in [3.05, 3.63) is 47.0 Å². The third-order valence-corrected chi connectivity index (χ3v) is 4.66. The molecule has 8 heteroatoms. The molecule has 1 atom stereocenters. The molecule has 1 aromatic heterocycles. The Morgan fingerprint density at radius 1 is 1.50 bits per heavy atom. The normalized spacial score (nSPS) is 13.3. The van der Waals surface area contributed by atoms with E-state index in [4.69, 9.17) is 16.7 Å². The lowest BCUT2D eigenvalue weighted by atomic mass is 10.2. The summed E-state index contributed by atoms with van der Waals surface area (Å²) in [5.41, 5.74) is 0.477. The van der Waals surface area contributed by atoms with Crippen LogP contribution in [0.1, 0.15) is 24.4 Å². The largest absolute Gasteiger partial charge is 0.392 e. The van der Waals surface area contributed by atoms with Crippen molar-refractivity contribution in [1.29, 1.82) is 0 Å². The smallest absolute Gasteiger partial charge is 0.241 e. The van der Waals surface area contributed by atoms with Gasteiger partial charge >= 0.3 is 0 Å². The minimum absolute atomic E-state index is 0.0399. The maximum absolute atomic E-state index is 12.2. The van der Waals surface area contributed by atoms with Gasteiger partial charge in [-0.1, -0.05) is 17.7 Å². The van der Waals surface area contributed by atoms with Crippen LogP contribution in [0.15, 0.2) is 35.5 Å². The topological polar surface area (TPSA) is 95.1 Å². The molecular formula is C12H14ClN3O3S. The second-order valence-electron chi connectivity index (χ2n) is 4.23. The highest BCUT2D eigenvalue weighted by Gasteiger charge is 2.20. The first kappa shape index (κ1) is 15.0. The lowest BCUT2D eigenvalue weighted by molar-refractivity contribution is 0.282. The van der Waals surface area contributed by atoms with Crippen molar-refractivity contribution < 1.29 is 13.5 Å². The molecule has 0 saturated heterocycles. The number of rotatable bonds is 5. The molecule has 0 amide bonds. The van der Waals surface area contributed by atoms with E-state index in [0.29, 0.717) is 11.4 Å². The summed E-state index contributed by atoms with van der Waals surface area (Å²) < 4.78 is 26.9. The zero-order valence-electron chi connectivity index (χ0n) is 10.7. The molecule has 0 fully saturated rings. The standard InChI is InChI=1S/C12H14ClN3O3S/c1-8(12-14-4-5-15-12)16-20(18,19)10-3-2-9(7-17)11(13)6-10/h2-6,8,16-17H,7H2,1H3,(H,14,15). The van der Waals surface area contributed by atoms with Gasteiger partial charge in [0.1, 0.15) is 5.82 Å². The highest BCUT2D eigenvalue weighted by molar-refractivity contribution is 7.89. The Bertz CT molecular complexity index is 686. The number of aromatic nitrogens is 2. The molecule has 108 valence electrons. The molecular weight excluding hydrogens is 302 g/mol. The zero-order valence-corrected chi connectivity index (χ0v) is 12.2. The van der Waals surface area contributed by atoms with E-state index in [2.05, 4.69) is 14.7 Å². The molecule has 0 saturated carbocycles. The molecule has 6 nitrogen and oxygen atoms in total. The third-order valence-electron chi connectivity index (χ3n) is 2.77. The number of hydrogen-bond acceptors (Lipinski definition) is 4. The van der Waals surface area contributed by atoms with Crippen molar-refractivity contribution in [1.82, 2.24) is 14.7 Å². The molecule has 2 aromatic rings. The van der Waals surface area contributed by atoms with Gasteiger partial charge in [-0.25, -0.2) is 18.1 Å². The first-order valence-corrected chi connectivity index (χ1v) is 7.71. The van der Waals surface area contributed by atoms with Crippen LogP contribution in [0.25, 0.3) is 0 Å². The molecule has 2 rings (SSSR count). The van der Waals surface area contributed by atoms with Gasteiger partial charge in [-0.3, -0.25) is 0 Å². The van der Waals surface area contributed by atoms with E-state index in [1.807, 2.05) is 0 Å². The van der Waals surface area contributed by atoms with E-state index in [1.165, 1.54) is 18.2 Å². The fraction of sp³-hybridized carbons (Fsp3) is 0.250. The summed E-state index contributed by atoms with van der Waals surface area (Å²) in [6.07, 6.45) is 3.17. The van der Waals surface area contributed by atoms with Crippen LogP contribution >= 0.6 is 11.6 Å². The highest BCUT2D eigenvalue weighted by atomic mass is 35.5. The second kappa shape index (κ2) is 5.92. The van der Waals surface area contributed by atoms with Gasteiger partial charge in [0.15, 0.2) is 0 Å². The van der Waals surface area contributed by atoms with E-state index in [-0.39, 0.29) is 16.5 Å². The Morgan fingerprint density at radius 2 is 2.25 bits per heavy atom. The van der Waals surface area contributed by atoms with E-state index >= 15 is 0 Å². The second-order valence-corrected chi connectivity index (χ2v) is 6.35. The summed E-state index contributed by atoms with van der Waals surface area (Å²) in [6, 6.07) is 3.69. The Labute approximate surface area is 121 Å². The van der Waals surface area contributed by atoms with E-state index in [9.17, 15) is 8.42 Å². The van der Waals surface area contributed by atoms with Gasteiger partial charge in [-0.05, 0) is 24.6 Å². The van der Waals surface area contributed by atoms with Crippen LogP contribution in [-0.4, -0.2) is 23.5 Å². The molecule has 0 spiro atoms. The number of sulfonamides is 1. The number of nitrogens with zero attached hydrogens (tertiary/aromatic N) is 1. The van der Waals surface area contributed by atoms with Crippen molar-refractivity contribution in [3.63, 3.8) is 0 Å². The Hall–Kier alpha value is -1.41. The molecule has 1 heterocycles. The number of H-pyrrole nitrogens is 1. The third kappa shape index (κ3) is 3.18. The van der Waals surface area contributed by atoms with Crippen LogP contribution in [0.4, 0.5) is 0 Å². The molecule has 1 aromatic carbocycles. The molecule has 3 N–H and O–H groups in total. The summed E-state index contributed by atoms with van der Waals surface area (Å²) in [4.78, 5) is 6.88. The number of hydrogen-bond donors (Lipinski definition) is 3. The van der Waals surface area contributed by atoms with Crippen LogP contribution in [0.3, 0.4) is 0 Å². The van der Waals surface area contributed by atoms with E-state index < -0.39 is 16.1 Å². The zero-order chi connectivity index (χ0) is 14.8. The number of aromatic amines is 1. The summed E-state index contributed by atoms with van der Waals surface area (Å²) in [7, 11) is -3.71. The maximum Gasteiger partial charge on any atom is 0.241 e. The SMILES string of the molecule is CC(NS(=O)(=O)c1ccc(CO)c(Cl)c1)c1ncc[nH]1. The van der Waals surface area contributed by atoms with Crippen LogP contribution < -0.4 is 4.72 Å². The van der Waals surface area contributed by atoms with Gasteiger partial charge in [0.05, 0.1) is 17.5 Å². The minimum Gasteiger partial charge on any atom is -0.392 e. The summed E-state index contributed by atoms with van der Waals surface area (Å²) in [6.45, 7) is 1.44. The molecule has 0 radical (unpaired) electrons.